The van der Waals surface area contributed by atoms with E-state index in [0.717, 1.165) is 0 Å². The van der Waals surface area contributed by atoms with Gasteiger partial charge in [0.05, 0.1) is 13.0 Å². The fraction of sp³-hybridized carbons (Fsp3) is 0.933. The second-order valence-electron chi connectivity index (χ2n) is 7.99. The summed E-state index contributed by atoms with van der Waals surface area (Å²) in [5.41, 5.74) is -0.649. The highest BCUT2D eigenvalue weighted by molar-refractivity contribution is 6.74. The summed E-state index contributed by atoms with van der Waals surface area (Å²) >= 11 is 0. The van der Waals surface area contributed by atoms with Crippen LogP contribution in [-0.4, -0.2) is 32.4 Å². The van der Waals surface area contributed by atoms with Crippen LogP contribution in [0.5, 0.6) is 0 Å². The third-order valence-corrected chi connectivity index (χ3v) is 8.04. The van der Waals surface area contributed by atoms with Crippen LogP contribution in [-0.2, 0) is 14.0 Å². The van der Waals surface area contributed by atoms with Gasteiger partial charge in [-0.25, -0.2) is 8.78 Å². The summed E-state index contributed by atoms with van der Waals surface area (Å²) in [7, 11) is -2.21. The van der Waals surface area contributed by atoms with Crippen molar-refractivity contribution in [2.75, 3.05) is 6.61 Å². The van der Waals surface area contributed by atoms with Gasteiger partial charge in [-0.05, 0) is 38.9 Å². The van der Waals surface area contributed by atoms with E-state index in [1.165, 1.54) is 0 Å². The number of hydrogen-bond donors (Lipinski definition) is 0. The van der Waals surface area contributed by atoms with Crippen LogP contribution in [0.3, 0.4) is 0 Å². The first-order valence-electron chi connectivity index (χ1n) is 7.29. The van der Waals surface area contributed by atoms with Crippen molar-refractivity contribution < 1.29 is 22.7 Å². The van der Waals surface area contributed by atoms with Crippen molar-refractivity contribution in [1.29, 1.82) is 0 Å². The summed E-state index contributed by atoms with van der Waals surface area (Å²) in [4.78, 5) is 11.5. The van der Waals surface area contributed by atoms with Crippen molar-refractivity contribution >= 4 is 14.3 Å². The third kappa shape index (κ3) is 8.51. The SMILES string of the molecule is CC(C)(C)OC(=O)CCC(F)(F)CO[Si](C)(C)C(C)(C)C. The monoisotopic (exact) mass is 324 g/mol. The van der Waals surface area contributed by atoms with Gasteiger partial charge in [-0.15, -0.1) is 0 Å². The van der Waals surface area contributed by atoms with Crippen LogP contribution in [0.25, 0.3) is 0 Å². The van der Waals surface area contributed by atoms with E-state index in [1.54, 1.807) is 20.8 Å². The molecular formula is C15H30F2O3Si. The molecule has 0 aliphatic carbocycles. The molecule has 126 valence electrons. The van der Waals surface area contributed by atoms with Crippen LogP contribution in [0.1, 0.15) is 54.4 Å². The van der Waals surface area contributed by atoms with Crippen LogP contribution in [0.4, 0.5) is 8.78 Å². The summed E-state index contributed by atoms with van der Waals surface area (Å²) in [6.07, 6.45) is -0.846. The zero-order chi connectivity index (χ0) is 17.1. The first kappa shape index (κ1) is 20.5. The summed E-state index contributed by atoms with van der Waals surface area (Å²) in [5.74, 6) is -3.61. The predicted octanol–water partition coefficient (Wildman–Crippen LogP) is 4.77. The van der Waals surface area contributed by atoms with Gasteiger partial charge >= 0.3 is 5.97 Å². The van der Waals surface area contributed by atoms with Crippen molar-refractivity contribution in [3.8, 4) is 0 Å². The highest BCUT2D eigenvalue weighted by Gasteiger charge is 2.41. The maximum atomic E-state index is 13.8. The van der Waals surface area contributed by atoms with Gasteiger partial charge in [0, 0.05) is 6.42 Å². The van der Waals surface area contributed by atoms with Gasteiger partial charge in [-0.1, -0.05) is 20.8 Å². The van der Waals surface area contributed by atoms with Crippen molar-refractivity contribution in [3.05, 3.63) is 0 Å². The molecule has 0 aliphatic heterocycles. The minimum Gasteiger partial charge on any atom is -0.460 e. The zero-order valence-corrected chi connectivity index (χ0v) is 15.6. The molecule has 0 aliphatic rings. The van der Waals surface area contributed by atoms with Crippen LogP contribution < -0.4 is 0 Å². The lowest BCUT2D eigenvalue weighted by Gasteiger charge is -2.37. The Morgan fingerprint density at radius 3 is 1.90 bits per heavy atom. The number of halogens is 2. The molecule has 0 aromatic rings. The lowest BCUT2D eigenvalue weighted by Crippen LogP contribution is -2.44. The Balaban J connectivity index is 4.37. The molecule has 0 saturated carbocycles. The number of ether oxygens (including phenoxy) is 1. The molecule has 0 unspecified atom stereocenters. The number of carbonyl (C=O) groups is 1. The first-order valence-corrected chi connectivity index (χ1v) is 10.2. The molecule has 0 spiro atoms. The minimum absolute atomic E-state index is 0.117. The summed E-state index contributed by atoms with van der Waals surface area (Å²) < 4.78 is 38.2. The molecule has 0 aromatic carbocycles. The van der Waals surface area contributed by atoms with E-state index in [-0.39, 0.29) is 11.5 Å². The maximum Gasteiger partial charge on any atom is 0.306 e. The fourth-order valence-corrected chi connectivity index (χ4v) is 2.26. The van der Waals surface area contributed by atoms with Crippen LogP contribution in [0, 0.1) is 0 Å². The summed E-state index contributed by atoms with van der Waals surface area (Å²) in [6.45, 7) is 14.4. The molecule has 0 atom stereocenters. The lowest BCUT2D eigenvalue weighted by molar-refractivity contribution is -0.157. The molecule has 21 heavy (non-hydrogen) atoms. The predicted molar refractivity (Wildman–Crippen MR) is 83.2 cm³/mol. The lowest BCUT2D eigenvalue weighted by atomic mass is 10.1. The molecule has 0 rings (SSSR count). The van der Waals surface area contributed by atoms with E-state index >= 15 is 0 Å². The van der Waals surface area contributed by atoms with Crippen LogP contribution in [0.2, 0.25) is 18.1 Å². The number of alkyl halides is 2. The molecule has 0 bridgehead atoms. The molecular weight excluding hydrogens is 294 g/mol. The van der Waals surface area contributed by atoms with E-state index in [4.69, 9.17) is 9.16 Å². The largest absolute Gasteiger partial charge is 0.460 e. The van der Waals surface area contributed by atoms with Gasteiger partial charge in [-0.3, -0.25) is 4.79 Å². The molecule has 0 N–H and O–H groups in total. The molecule has 0 aromatic heterocycles. The molecule has 3 nitrogen and oxygen atoms in total. The number of hydrogen-bond acceptors (Lipinski definition) is 3. The Morgan fingerprint density at radius 2 is 1.52 bits per heavy atom. The minimum atomic E-state index is -3.01. The Labute approximate surface area is 128 Å². The van der Waals surface area contributed by atoms with E-state index in [1.807, 2.05) is 33.9 Å². The Kier molecular flexibility index (Phi) is 6.57. The second kappa shape index (κ2) is 6.73. The second-order valence-corrected chi connectivity index (χ2v) is 12.8. The van der Waals surface area contributed by atoms with Crippen molar-refractivity contribution in [1.82, 2.24) is 0 Å². The van der Waals surface area contributed by atoms with E-state index < -0.39 is 38.8 Å². The summed E-state index contributed by atoms with van der Waals surface area (Å²) in [6, 6.07) is 0. The van der Waals surface area contributed by atoms with Gasteiger partial charge in [0.2, 0.25) is 0 Å². The average molecular weight is 324 g/mol. The topological polar surface area (TPSA) is 35.5 Å². The molecule has 6 heteroatoms. The zero-order valence-electron chi connectivity index (χ0n) is 14.6. The summed E-state index contributed by atoms with van der Waals surface area (Å²) in [5, 5.41) is -0.117. The molecule has 0 saturated heterocycles. The Bertz CT molecular complexity index is 355. The quantitative estimate of drug-likeness (QED) is 0.522. The fourth-order valence-electron chi connectivity index (χ4n) is 1.25. The molecule has 0 fully saturated rings. The van der Waals surface area contributed by atoms with E-state index in [9.17, 15) is 13.6 Å². The van der Waals surface area contributed by atoms with E-state index in [2.05, 4.69) is 0 Å². The van der Waals surface area contributed by atoms with Crippen LogP contribution >= 0.6 is 0 Å². The third-order valence-electron chi connectivity index (χ3n) is 3.57. The van der Waals surface area contributed by atoms with Crippen molar-refractivity contribution in [3.63, 3.8) is 0 Å². The van der Waals surface area contributed by atoms with E-state index in [0.29, 0.717) is 0 Å². The first-order chi connectivity index (χ1) is 9.06. The normalized spacial score (nSPS) is 14.2. The number of carbonyl (C=O) groups excluding carboxylic acids is 1. The average Bonchev–Trinajstić information content (AvgIpc) is 2.20. The Hall–Kier alpha value is -0.493. The van der Waals surface area contributed by atoms with Gasteiger partial charge < -0.3 is 9.16 Å². The van der Waals surface area contributed by atoms with Crippen molar-refractivity contribution in [2.45, 2.75) is 84.0 Å². The van der Waals surface area contributed by atoms with Gasteiger partial charge in [0.25, 0.3) is 5.92 Å². The van der Waals surface area contributed by atoms with Gasteiger partial charge in [0.15, 0.2) is 8.32 Å². The Morgan fingerprint density at radius 1 is 1.05 bits per heavy atom. The van der Waals surface area contributed by atoms with Crippen molar-refractivity contribution in [2.24, 2.45) is 0 Å². The number of rotatable bonds is 6. The van der Waals surface area contributed by atoms with Crippen LogP contribution in [0.15, 0.2) is 0 Å². The molecule has 0 amide bonds. The highest BCUT2D eigenvalue weighted by Crippen LogP contribution is 2.37. The standard InChI is InChI=1S/C15H30F2O3Si/c1-13(2,3)20-12(18)9-10-15(16,17)11-19-21(7,8)14(4,5)6/h9-11H2,1-8H3. The smallest absolute Gasteiger partial charge is 0.306 e. The number of esters is 1. The van der Waals surface area contributed by atoms with Gasteiger partial charge in [0.1, 0.15) is 5.60 Å². The van der Waals surface area contributed by atoms with Gasteiger partial charge in [-0.2, -0.15) is 0 Å². The molecule has 0 heterocycles. The highest BCUT2D eigenvalue weighted by atomic mass is 28.4. The maximum absolute atomic E-state index is 13.8. The molecule has 0 radical (unpaired) electrons.